The van der Waals surface area contributed by atoms with Gasteiger partial charge in [0.05, 0.1) is 0 Å². The van der Waals surface area contributed by atoms with E-state index >= 15 is 0 Å². The third kappa shape index (κ3) is 2500. The SMILES string of the molecule is NC(N)=O.O=S(=O)([O-])[O-].[Ni+2]. The molecule has 0 unspecified atom stereocenters. The van der Waals surface area contributed by atoms with E-state index in [9.17, 15) is 0 Å². The van der Waals surface area contributed by atoms with Gasteiger partial charge in [-0.2, -0.15) is 0 Å². The van der Waals surface area contributed by atoms with Crippen molar-refractivity contribution in [2.24, 2.45) is 11.5 Å². The topological polar surface area (TPSA) is 149 Å². The number of hydrogen-bond acceptors (Lipinski definition) is 5. The molecule has 0 rings (SSSR count). The van der Waals surface area contributed by atoms with Crippen molar-refractivity contribution in [2.75, 3.05) is 0 Å². The molecule has 0 aliphatic rings. The summed E-state index contributed by atoms with van der Waals surface area (Å²) < 4.78 is 34.1. The number of nitrogens with two attached hydrogens (primary N) is 2. The van der Waals surface area contributed by atoms with Gasteiger partial charge in [0.2, 0.25) is 0 Å². The van der Waals surface area contributed by atoms with Crippen molar-refractivity contribution in [1.82, 2.24) is 0 Å². The molecule has 0 heterocycles. The van der Waals surface area contributed by atoms with Gasteiger partial charge in [-0.3, -0.25) is 8.42 Å². The molecule has 0 aliphatic heterocycles. The molecule has 0 atom stereocenters. The van der Waals surface area contributed by atoms with Crippen LogP contribution < -0.4 is 11.5 Å². The van der Waals surface area contributed by atoms with E-state index in [0.717, 1.165) is 0 Å². The molecule has 0 aromatic carbocycles. The van der Waals surface area contributed by atoms with Gasteiger partial charge in [-0.1, -0.05) is 0 Å². The Morgan fingerprint density at radius 2 is 1.20 bits per heavy atom. The summed E-state index contributed by atoms with van der Waals surface area (Å²) in [6.45, 7) is 0. The average molecular weight is 215 g/mol. The zero-order valence-electron chi connectivity index (χ0n) is 4.42. The van der Waals surface area contributed by atoms with Crippen LogP contribution in [0, 0.1) is 0 Å². The van der Waals surface area contributed by atoms with Crippen molar-refractivity contribution in [1.29, 1.82) is 0 Å². The van der Waals surface area contributed by atoms with E-state index in [1.54, 1.807) is 0 Å². The van der Waals surface area contributed by atoms with E-state index in [1.165, 1.54) is 0 Å². The number of rotatable bonds is 0. The van der Waals surface area contributed by atoms with Gasteiger partial charge < -0.3 is 20.6 Å². The van der Waals surface area contributed by atoms with Gasteiger partial charge in [0.1, 0.15) is 0 Å². The molecule has 64 valence electrons. The van der Waals surface area contributed by atoms with E-state index in [1.807, 2.05) is 0 Å². The molecule has 0 aromatic heterocycles. The summed E-state index contributed by atoms with van der Waals surface area (Å²) in [4.78, 5) is 9.00. The Morgan fingerprint density at radius 1 is 1.20 bits per heavy atom. The van der Waals surface area contributed by atoms with Crippen molar-refractivity contribution in [3.63, 3.8) is 0 Å². The maximum Gasteiger partial charge on any atom is 2.00 e. The fourth-order valence-electron chi connectivity index (χ4n) is 0. The monoisotopic (exact) mass is 214 g/mol. The van der Waals surface area contributed by atoms with E-state index in [4.69, 9.17) is 22.3 Å². The second kappa shape index (κ2) is 6.75. The van der Waals surface area contributed by atoms with Gasteiger partial charge >= 0.3 is 22.5 Å². The molecule has 4 N–H and O–H groups in total. The number of amides is 2. The molecule has 0 radical (unpaired) electrons. The van der Waals surface area contributed by atoms with Crippen molar-refractivity contribution in [2.45, 2.75) is 0 Å². The van der Waals surface area contributed by atoms with Crippen LogP contribution >= 0.6 is 0 Å². The summed E-state index contributed by atoms with van der Waals surface area (Å²) in [5.74, 6) is 0. The summed E-state index contributed by atoms with van der Waals surface area (Å²) in [6.07, 6.45) is 0. The maximum atomic E-state index is 9.00. The maximum absolute atomic E-state index is 9.00. The van der Waals surface area contributed by atoms with Crippen molar-refractivity contribution < 1.29 is 38.8 Å². The summed E-state index contributed by atoms with van der Waals surface area (Å²) >= 11 is 0. The summed E-state index contributed by atoms with van der Waals surface area (Å²) in [6, 6.07) is -0.833. The molecular formula is CH4N2NiO5S. The number of hydrogen-bond donors (Lipinski definition) is 2. The summed E-state index contributed by atoms with van der Waals surface area (Å²) in [5.41, 5.74) is 8.50. The zero-order chi connectivity index (χ0) is 8.08. The van der Waals surface area contributed by atoms with E-state index in [0.29, 0.717) is 0 Å². The standard InChI is InChI=1S/CH4N2O.Ni.H2O4S/c2-1(3)4;;1-5(2,3)4/h(H4,2,3,4);;(H2,1,2,3,4)/q;+2;/p-2. The third-order valence-corrected chi connectivity index (χ3v) is 0. The number of urea groups is 1. The van der Waals surface area contributed by atoms with Crippen molar-refractivity contribution in [3.8, 4) is 0 Å². The second-order valence-corrected chi connectivity index (χ2v) is 1.63. The largest absolute Gasteiger partial charge is 2.00 e. The van der Waals surface area contributed by atoms with Gasteiger partial charge in [-0.05, 0) is 0 Å². The molecule has 0 saturated carbocycles. The van der Waals surface area contributed by atoms with Crippen LogP contribution in [0.5, 0.6) is 0 Å². The van der Waals surface area contributed by atoms with Gasteiger partial charge in [0.25, 0.3) is 0 Å². The fourth-order valence-corrected chi connectivity index (χ4v) is 0. The number of primary amides is 2. The first kappa shape index (κ1) is 16.3. The molecule has 10 heavy (non-hydrogen) atoms. The Morgan fingerprint density at radius 3 is 1.20 bits per heavy atom. The molecule has 0 aliphatic carbocycles. The Hall–Kier alpha value is -0.366. The molecule has 2 amide bonds. The molecule has 0 spiro atoms. The Bertz CT molecular complexity index is 162. The van der Waals surface area contributed by atoms with Gasteiger partial charge in [-0.15, -0.1) is 0 Å². The normalized spacial score (nSPS) is 8.20. The van der Waals surface area contributed by atoms with E-state index in [-0.39, 0.29) is 16.5 Å². The predicted octanol–water partition coefficient (Wildman–Crippen LogP) is -2.32. The first-order valence-corrected chi connectivity index (χ1v) is 2.78. The minimum absolute atomic E-state index is 0. The first-order chi connectivity index (χ1) is 3.73. The number of carbonyl (C=O) groups excluding carboxylic acids is 1. The molecule has 7 nitrogen and oxygen atoms in total. The van der Waals surface area contributed by atoms with Crippen LogP contribution in [0.15, 0.2) is 0 Å². The molecular weight excluding hydrogens is 211 g/mol. The Labute approximate surface area is 67.3 Å². The Kier molecular flexibility index (Phi) is 11.0. The minimum atomic E-state index is -5.17. The van der Waals surface area contributed by atoms with Crippen LogP contribution in [0.2, 0.25) is 0 Å². The summed E-state index contributed by atoms with van der Waals surface area (Å²) in [5, 5.41) is 0. The molecule has 0 saturated heterocycles. The molecule has 0 bridgehead atoms. The summed E-state index contributed by atoms with van der Waals surface area (Å²) in [7, 11) is -5.17. The Balaban J connectivity index is -0.0000000910. The first-order valence-electron chi connectivity index (χ1n) is 1.45. The van der Waals surface area contributed by atoms with E-state index in [2.05, 4.69) is 11.5 Å². The second-order valence-electron chi connectivity index (χ2n) is 0.811. The molecule has 0 aromatic rings. The van der Waals surface area contributed by atoms with Crippen LogP contribution in [0.25, 0.3) is 0 Å². The van der Waals surface area contributed by atoms with Gasteiger partial charge in [-0.25, -0.2) is 4.79 Å². The third-order valence-electron chi connectivity index (χ3n) is 0. The van der Waals surface area contributed by atoms with Crippen LogP contribution in [0.4, 0.5) is 4.79 Å². The van der Waals surface area contributed by atoms with Crippen LogP contribution in [-0.2, 0) is 26.9 Å². The van der Waals surface area contributed by atoms with Gasteiger partial charge in [0.15, 0.2) is 0 Å². The van der Waals surface area contributed by atoms with Gasteiger partial charge in [0, 0.05) is 10.4 Å². The van der Waals surface area contributed by atoms with Crippen molar-refractivity contribution >= 4 is 16.4 Å². The average Bonchev–Trinajstić information content (AvgIpc) is 1.19. The fraction of sp³-hybridized carbons (Fsp3) is 0. The minimum Gasteiger partial charge on any atom is -0.759 e. The molecule has 0 fully saturated rings. The van der Waals surface area contributed by atoms with Crippen LogP contribution in [0.1, 0.15) is 0 Å². The molecule has 9 heteroatoms. The quantitative estimate of drug-likeness (QED) is 0.264. The smallest absolute Gasteiger partial charge is 0.759 e. The van der Waals surface area contributed by atoms with Crippen LogP contribution in [0.3, 0.4) is 0 Å². The predicted molar refractivity (Wildman–Crippen MR) is 24.2 cm³/mol. The zero-order valence-corrected chi connectivity index (χ0v) is 6.22. The van der Waals surface area contributed by atoms with E-state index < -0.39 is 16.4 Å². The number of carbonyl (C=O) groups is 1. The van der Waals surface area contributed by atoms with Crippen LogP contribution in [-0.4, -0.2) is 23.6 Å². The van der Waals surface area contributed by atoms with Crippen molar-refractivity contribution in [3.05, 3.63) is 0 Å².